The lowest BCUT2D eigenvalue weighted by molar-refractivity contribution is -0.137. The molecule has 2 aromatic rings. The Balaban J connectivity index is 1.60. The summed E-state index contributed by atoms with van der Waals surface area (Å²) in [7, 11) is 0. The maximum absolute atomic E-state index is 13.0. The number of aliphatic hydroxyl groups is 1. The topological polar surface area (TPSA) is 78.9 Å². The molecule has 0 saturated carbocycles. The molecular weight excluding hydrogens is 363 g/mol. The first kappa shape index (κ1) is 19.8. The minimum absolute atomic E-state index is 0.182. The van der Waals surface area contributed by atoms with Gasteiger partial charge >= 0.3 is 0 Å². The number of aryl methyl sites for hydroxylation is 1. The highest BCUT2D eigenvalue weighted by Gasteiger charge is 2.37. The Morgan fingerprint density at radius 3 is 2.61 bits per heavy atom. The Hall–Kier alpha value is -2.93. The van der Waals surface area contributed by atoms with Crippen LogP contribution in [0.2, 0.25) is 0 Å². The van der Waals surface area contributed by atoms with E-state index in [4.69, 9.17) is 4.74 Å². The summed E-state index contributed by atoms with van der Waals surface area (Å²) >= 11 is 0. The third-order valence-electron chi connectivity index (χ3n) is 4.73. The molecule has 1 heterocycles. The predicted octanol–water partition coefficient (Wildman–Crippen LogP) is 2.52. The van der Waals surface area contributed by atoms with Crippen molar-refractivity contribution in [3.63, 3.8) is 0 Å². The number of carbonyl (C=O) groups is 2. The zero-order valence-electron chi connectivity index (χ0n) is 15.8. The first-order chi connectivity index (χ1) is 13.3. The van der Waals surface area contributed by atoms with E-state index in [0.29, 0.717) is 18.0 Å². The Morgan fingerprint density at radius 2 is 1.96 bits per heavy atom. The van der Waals surface area contributed by atoms with Crippen LogP contribution in [0.1, 0.15) is 24.5 Å². The number of ether oxygens (including phenoxy) is 1. The Morgan fingerprint density at radius 1 is 1.25 bits per heavy atom. The van der Waals surface area contributed by atoms with Crippen LogP contribution in [0, 0.1) is 12.7 Å². The van der Waals surface area contributed by atoms with Gasteiger partial charge in [-0.2, -0.15) is 0 Å². The number of nitrogens with one attached hydrogen (secondary N) is 1. The summed E-state index contributed by atoms with van der Waals surface area (Å²) in [4.78, 5) is 25.5. The molecular formula is C21H23FN2O4. The molecule has 6 nitrogen and oxygen atoms in total. The molecule has 2 aromatic carbocycles. The van der Waals surface area contributed by atoms with Gasteiger partial charge in [-0.3, -0.25) is 9.59 Å². The quantitative estimate of drug-likeness (QED) is 0.828. The second-order valence-electron chi connectivity index (χ2n) is 6.95. The average molecular weight is 386 g/mol. The van der Waals surface area contributed by atoms with Gasteiger partial charge in [0.15, 0.2) is 0 Å². The van der Waals surface area contributed by atoms with Crippen molar-refractivity contribution in [1.29, 1.82) is 0 Å². The molecule has 2 amide bonds. The highest BCUT2D eigenvalue weighted by Crippen LogP contribution is 2.26. The zero-order valence-corrected chi connectivity index (χ0v) is 15.8. The maximum atomic E-state index is 13.0. The minimum Gasteiger partial charge on any atom is -0.457 e. The van der Waals surface area contributed by atoms with E-state index in [1.165, 1.54) is 24.0 Å². The first-order valence-electron chi connectivity index (χ1n) is 9.09. The third-order valence-corrected chi connectivity index (χ3v) is 4.73. The monoisotopic (exact) mass is 386 g/mol. The van der Waals surface area contributed by atoms with Gasteiger partial charge < -0.3 is 20.1 Å². The molecule has 1 aliphatic heterocycles. The van der Waals surface area contributed by atoms with E-state index in [9.17, 15) is 19.1 Å². The van der Waals surface area contributed by atoms with Crippen molar-refractivity contribution in [1.82, 2.24) is 10.2 Å². The summed E-state index contributed by atoms with van der Waals surface area (Å²) in [5.41, 5.74) is 1.75. The van der Waals surface area contributed by atoms with Crippen LogP contribution in [0.15, 0.2) is 42.5 Å². The molecule has 2 N–H and O–H groups in total. The molecule has 0 spiro atoms. The van der Waals surface area contributed by atoms with Crippen molar-refractivity contribution in [2.75, 3.05) is 6.54 Å². The predicted molar refractivity (Wildman–Crippen MR) is 101 cm³/mol. The van der Waals surface area contributed by atoms with E-state index in [2.05, 4.69) is 5.32 Å². The molecule has 2 atom stereocenters. The summed E-state index contributed by atoms with van der Waals surface area (Å²) in [5, 5.41) is 12.6. The Kier molecular flexibility index (Phi) is 5.94. The molecule has 148 valence electrons. The number of β-amino-alcohol motifs (C(OH)–C–C–N with tert-alkyl or cyclic N) is 1. The van der Waals surface area contributed by atoms with Crippen LogP contribution >= 0.6 is 0 Å². The van der Waals surface area contributed by atoms with Gasteiger partial charge in [-0.25, -0.2) is 4.39 Å². The fourth-order valence-corrected chi connectivity index (χ4v) is 3.28. The molecule has 0 aliphatic carbocycles. The second kappa shape index (κ2) is 8.39. The number of hydrogen-bond donors (Lipinski definition) is 2. The smallest absolute Gasteiger partial charge is 0.243 e. The summed E-state index contributed by atoms with van der Waals surface area (Å²) < 4.78 is 18.7. The molecule has 3 rings (SSSR count). The number of aliphatic hydroxyl groups excluding tert-OH is 1. The summed E-state index contributed by atoms with van der Waals surface area (Å²) in [6.07, 6.45) is -0.431. The number of rotatable bonds is 5. The average Bonchev–Trinajstić information content (AvgIpc) is 3.06. The molecule has 0 aromatic heterocycles. The molecule has 0 bridgehead atoms. The van der Waals surface area contributed by atoms with Crippen LogP contribution in [0.3, 0.4) is 0 Å². The van der Waals surface area contributed by atoms with Crippen LogP contribution in [0.4, 0.5) is 4.39 Å². The van der Waals surface area contributed by atoms with Crippen LogP contribution in [-0.2, 0) is 16.1 Å². The highest BCUT2D eigenvalue weighted by atomic mass is 19.1. The van der Waals surface area contributed by atoms with Gasteiger partial charge in [0.05, 0.1) is 6.10 Å². The minimum atomic E-state index is -0.676. The van der Waals surface area contributed by atoms with Crippen LogP contribution in [0.5, 0.6) is 11.5 Å². The van der Waals surface area contributed by atoms with Gasteiger partial charge in [0.2, 0.25) is 11.8 Å². The van der Waals surface area contributed by atoms with E-state index in [-0.39, 0.29) is 30.6 Å². The van der Waals surface area contributed by atoms with Crippen molar-refractivity contribution in [3.05, 3.63) is 59.4 Å². The summed E-state index contributed by atoms with van der Waals surface area (Å²) in [6, 6.07) is 10.7. The van der Waals surface area contributed by atoms with Gasteiger partial charge in [-0.15, -0.1) is 0 Å². The SMILES string of the molecule is CC(=O)N1C[C@H](O)C[C@@H]1C(=O)NCc1ccc(Oc2ccc(F)cc2)c(C)c1. The van der Waals surface area contributed by atoms with E-state index in [1.807, 2.05) is 19.1 Å². The van der Waals surface area contributed by atoms with Crippen LogP contribution < -0.4 is 10.1 Å². The Bertz CT molecular complexity index is 869. The number of carbonyl (C=O) groups excluding carboxylic acids is 2. The van der Waals surface area contributed by atoms with Gasteiger partial charge in [-0.05, 0) is 48.4 Å². The molecule has 7 heteroatoms. The molecule has 28 heavy (non-hydrogen) atoms. The summed E-state index contributed by atoms with van der Waals surface area (Å²) in [5.74, 6) is 0.345. The number of nitrogens with zero attached hydrogens (tertiary/aromatic N) is 1. The second-order valence-corrected chi connectivity index (χ2v) is 6.95. The standard InChI is InChI=1S/C21H23FN2O4/c1-13-9-15(3-8-20(13)28-18-6-4-16(22)5-7-18)11-23-21(27)19-10-17(26)12-24(19)14(2)25/h3-9,17,19,26H,10-12H2,1-2H3,(H,23,27)/t17-,19-/m1/s1. The van der Waals surface area contributed by atoms with Gasteiger partial charge in [0.25, 0.3) is 0 Å². The lowest BCUT2D eigenvalue weighted by Crippen LogP contribution is -2.44. The van der Waals surface area contributed by atoms with Crippen molar-refractivity contribution >= 4 is 11.8 Å². The number of amides is 2. The van der Waals surface area contributed by atoms with E-state index >= 15 is 0 Å². The number of halogens is 1. The molecule has 1 fully saturated rings. The maximum Gasteiger partial charge on any atom is 0.243 e. The largest absolute Gasteiger partial charge is 0.457 e. The summed E-state index contributed by atoms with van der Waals surface area (Å²) in [6.45, 7) is 3.76. The third kappa shape index (κ3) is 4.67. The Labute approximate surface area is 162 Å². The van der Waals surface area contributed by atoms with E-state index in [1.54, 1.807) is 18.2 Å². The molecule has 0 unspecified atom stereocenters. The van der Waals surface area contributed by atoms with E-state index in [0.717, 1.165) is 11.1 Å². The number of likely N-dealkylation sites (tertiary alicyclic amines) is 1. The van der Waals surface area contributed by atoms with E-state index < -0.39 is 12.1 Å². The molecule has 0 radical (unpaired) electrons. The fourth-order valence-electron chi connectivity index (χ4n) is 3.28. The number of hydrogen-bond acceptors (Lipinski definition) is 4. The van der Waals surface area contributed by atoms with Crippen molar-refractivity contribution in [2.45, 2.75) is 39.0 Å². The van der Waals surface area contributed by atoms with Crippen molar-refractivity contribution in [2.24, 2.45) is 0 Å². The van der Waals surface area contributed by atoms with Gasteiger partial charge in [0, 0.05) is 26.4 Å². The highest BCUT2D eigenvalue weighted by molar-refractivity contribution is 5.87. The number of benzene rings is 2. The lowest BCUT2D eigenvalue weighted by atomic mass is 10.1. The molecule has 1 saturated heterocycles. The van der Waals surface area contributed by atoms with Crippen molar-refractivity contribution in [3.8, 4) is 11.5 Å². The zero-order chi connectivity index (χ0) is 20.3. The van der Waals surface area contributed by atoms with Gasteiger partial charge in [0.1, 0.15) is 23.4 Å². The fraction of sp³-hybridized carbons (Fsp3) is 0.333. The molecule has 1 aliphatic rings. The van der Waals surface area contributed by atoms with Gasteiger partial charge in [-0.1, -0.05) is 12.1 Å². The lowest BCUT2D eigenvalue weighted by Gasteiger charge is -2.22. The first-order valence-corrected chi connectivity index (χ1v) is 9.09. The normalized spacial score (nSPS) is 18.8. The van der Waals surface area contributed by atoms with Crippen molar-refractivity contribution < 1.29 is 23.8 Å². The van der Waals surface area contributed by atoms with Crippen LogP contribution in [-0.4, -0.2) is 40.5 Å². The van der Waals surface area contributed by atoms with Crippen LogP contribution in [0.25, 0.3) is 0 Å².